The van der Waals surface area contributed by atoms with Crippen molar-refractivity contribution in [2.75, 3.05) is 5.32 Å². The van der Waals surface area contributed by atoms with Crippen LogP contribution in [0.25, 0.3) is 22.0 Å². The summed E-state index contributed by atoms with van der Waals surface area (Å²) in [5, 5.41) is 5.75. The maximum absolute atomic E-state index is 6.17. The van der Waals surface area contributed by atoms with Crippen molar-refractivity contribution in [3.05, 3.63) is 95.1 Å². The maximum Gasteiger partial charge on any atom is 0.0701 e. The van der Waals surface area contributed by atoms with Crippen LogP contribution in [-0.2, 0) is 6.42 Å². The highest BCUT2D eigenvalue weighted by Gasteiger charge is 2.20. The molecule has 2 aliphatic rings. The zero-order valence-corrected chi connectivity index (χ0v) is 18.4. The van der Waals surface area contributed by atoms with Crippen molar-refractivity contribution in [2.24, 2.45) is 0 Å². The quantitative estimate of drug-likeness (QED) is 0.310. The Bertz CT molecular complexity index is 1130. The van der Waals surface area contributed by atoms with Gasteiger partial charge in [-0.25, -0.2) is 0 Å². The third-order valence-electron chi connectivity index (χ3n) is 6.34. The van der Waals surface area contributed by atoms with E-state index in [2.05, 4.69) is 52.8 Å². The number of fused-ring (bicyclic) bond motifs is 4. The average Bonchev–Trinajstić information content (AvgIpc) is 3.17. The summed E-state index contributed by atoms with van der Waals surface area (Å²) in [6.45, 7) is 0. The SMILES string of the molecule is Clc1ccc2c(c1)-c1cc(NC3CCCCC3)ccc1C2.c1ccc2ncccc2c1. The highest BCUT2D eigenvalue weighted by molar-refractivity contribution is 6.31. The molecule has 1 aromatic heterocycles. The fraction of sp³-hybridized carbons (Fsp3) is 0.250. The van der Waals surface area contributed by atoms with E-state index >= 15 is 0 Å². The van der Waals surface area contributed by atoms with Crippen LogP contribution in [0.1, 0.15) is 43.2 Å². The van der Waals surface area contributed by atoms with Crippen LogP contribution in [0, 0.1) is 0 Å². The standard InChI is InChI=1S/C19H20ClN.C9H7N/c20-15-8-6-13-10-14-7-9-17(12-19(14)18(13)11-15)21-16-4-2-1-3-5-16;1-2-6-9-8(4-1)5-3-7-10-9/h6-9,11-12,16,21H,1-5,10H2;1-7H. The molecule has 1 saturated carbocycles. The number of nitrogens with one attached hydrogen (secondary N) is 1. The second-order valence-corrected chi connectivity index (χ2v) is 8.96. The second kappa shape index (κ2) is 9.11. The fourth-order valence-corrected chi connectivity index (χ4v) is 4.90. The zero-order chi connectivity index (χ0) is 21.0. The molecule has 2 aliphatic carbocycles. The molecule has 6 rings (SSSR count). The molecule has 0 bridgehead atoms. The molecular weight excluding hydrogens is 400 g/mol. The average molecular weight is 427 g/mol. The predicted molar refractivity (Wildman–Crippen MR) is 132 cm³/mol. The first kappa shape index (κ1) is 20.1. The summed E-state index contributed by atoms with van der Waals surface area (Å²) in [4.78, 5) is 4.18. The van der Waals surface area contributed by atoms with Gasteiger partial charge in [0.2, 0.25) is 0 Å². The number of benzene rings is 3. The van der Waals surface area contributed by atoms with E-state index in [4.69, 9.17) is 11.6 Å². The Labute approximate surface area is 189 Å². The lowest BCUT2D eigenvalue weighted by Crippen LogP contribution is -2.22. The molecule has 3 aromatic carbocycles. The number of pyridine rings is 1. The van der Waals surface area contributed by atoms with Gasteiger partial charge in [0.25, 0.3) is 0 Å². The first-order valence-electron chi connectivity index (χ1n) is 11.2. The van der Waals surface area contributed by atoms with Crippen LogP contribution >= 0.6 is 11.6 Å². The van der Waals surface area contributed by atoms with Gasteiger partial charge < -0.3 is 5.32 Å². The summed E-state index contributed by atoms with van der Waals surface area (Å²) >= 11 is 6.17. The molecule has 0 radical (unpaired) electrons. The first-order valence-corrected chi connectivity index (χ1v) is 11.6. The molecule has 31 heavy (non-hydrogen) atoms. The van der Waals surface area contributed by atoms with E-state index in [9.17, 15) is 0 Å². The number of halogens is 1. The summed E-state index contributed by atoms with van der Waals surface area (Å²) < 4.78 is 0. The van der Waals surface area contributed by atoms with Gasteiger partial charge in [-0.15, -0.1) is 0 Å². The van der Waals surface area contributed by atoms with Crippen molar-refractivity contribution in [2.45, 2.75) is 44.6 Å². The zero-order valence-electron chi connectivity index (χ0n) is 17.7. The topological polar surface area (TPSA) is 24.9 Å². The van der Waals surface area contributed by atoms with Crippen molar-refractivity contribution in [1.82, 2.24) is 4.98 Å². The van der Waals surface area contributed by atoms with Gasteiger partial charge in [-0.05, 0) is 77.9 Å². The lowest BCUT2D eigenvalue weighted by molar-refractivity contribution is 0.463. The molecule has 4 aromatic rings. The number of hydrogen-bond donors (Lipinski definition) is 1. The lowest BCUT2D eigenvalue weighted by atomic mass is 9.95. The minimum absolute atomic E-state index is 0.650. The Morgan fingerprint density at radius 1 is 0.774 bits per heavy atom. The summed E-state index contributed by atoms with van der Waals surface area (Å²) in [7, 11) is 0. The Kier molecular flexibility index (Phi) is 5.90. The molecule has 0 aliphatic heterocycles. The number of aromatic nitrogens is 1. The van der Waals surface area contributed by atoms with Crippen LogP contribution in [0.15, 0.2) is 79.0 Å². The molecule has 1 heterocycles. The molecule has 1 fully saturated rings. The minimum atomic E-state index is 0.650. The van der Waals surface area contributed by atoms with Crippen molar-refractivity contribution >= 4 is 28.2 Å². The van der Waals surface area contributed by atoms with E-state index in [1.165, 1.54) is 65.4 Å². The lowest BCUT2D eigenvalue weighted by Gasteiger charge is -2.24. The van der Waals surface area contributed by atoms with Gasteiger partial charge in [0.05, 0.1) is 5.52 Å². The first-order chi connectivity index (χ1) is 15.3. The number of nitrogens with zero attached hydrogens (tertiary/aromatic N) is 1. The molecular formula is C28H27ClN2. The molecule has 0 amide bonds. The summed E-state index contributed by atoms with van der Waals surface area (Å²) in [6, 6.07) is 25.8. The third kappa shape index (κ3) is 4.60. The van der Waals surface area contributed by atoms with Crippen molar-refractivity contribution in [3.8, 4) is 11.1 Å². The van der Waals surface area contributed by atoms with Gasteiger partial charge in [-0.2, -0.15) is 0 Å². The largest absolute Gasteiger partial charge is 0.382 e. The number of anilines is 1. The van der Waals surface area contributed by atoms with Crippen molar-refractivity contribution in [1.29, 1.82) is 0 Å². The van der Waals surface area contributed by atoms with Crippen LogP contribution in [-0.4, -0.2) is 11.0 Å². The van der Waals surface area contributed by atoms with Gasteiger partial charge >= 0.3 is 0 Å². The smallest absolute Gasteiger partial charge is 0.0701 e. The van der Waals surface area contributed by atoms with Crippen molar-refractivity contribution < 1.29 is 0 Å². The molecule has 0 unspecified atom stereocenters. The van der Waals surface area contributed by atoms with Gasteiger partial charge in [0.15, 0.2) is 0 Å². The van der Waals surface area contributed by atoms with Gasteiger partial charge in [0.1, 0.15) is 0 Å². The Balaban J connectivity index is 0.000000171. The summed E-state index contributed by atoms with van der Waals surface area (Å²) in [5.41, 5.74) is 7.79. The maximum atomic E-state index is 6.17. The van der Waals surface area contributed by atoms with E-state index in [0.29, 0.717) is 6.04 Å². The third-order valence-corrected chi connectivity index (χ3v) is 6.58. The number of rotatable bonds is 2. The van der Waals surface area contributed by atoms with Gasteiger partial charge in [0, 0.05) is 28.3 Å². The summed E-state index contributed by atoms with van der Waals surface area (Å²) in [6.07, 6.45) is 9.57. The Hall–Kier alpha value is -2.84. The number of para-hydroxylation sites is 1. The monoisotopic (exact) mass is 426 g/mol. The predicted octanol–water partition coefficient (Wildman–Crippen LogP) is 7.89. The highest BCUT2D eigenvalue weighted by Crippen LogP contribution is 2.39. The van der Waals surface area contributed by atoms with Crippen LogP contribution < -0.4 is 5.32 Å². The van der Waals surface area contributed by atoms with Crippen LogP contribution in [0.4, 0.5) is 5.69 Å². The van der Waals surface area contributed by atoms with Crippen LogP contribution in [0.5, 0.6) is 0 Å². The Morgan fingerprint density at radius 3 is 2.35 bits per heavy atom. The molecule has 0 spiro atoms. The second-order valence-electron chi connectivity index (χ2n) is 8.53. The molecule has 3 heteroatoms. The normalized spacial score (nSPS) is 15.0. The van der Waals surface area contributed by atoms with E-state index in [-0.39, 0.29) is 0 Å². The molecule has 0 saturated heterocycles. The summed E-state index contributed by atoms with van der Waals surface area (Å²) in [5.74, 6) is 0. The Morgan fingerprint density at radius 2 is 1.52 bits per heavy atom. The minimum Gasteiger partial charge on any atom is -0.382 e. The number of hydrogen-bond acceptors (Lipinski definition) is 2. The van der Waals surface area contributed by atoms with Crippen molar-refractivity contribution in [3.63, 3.8) is 0 Å². The fourth-order valence-electron chi connectivity index (χ4n) is 4.73. The van der Waals surface area contributed by atoms with Crippen LogP contribution in [0.2, 0.25) is 5.02 Å². The van der Waals surface area contributed by atoms with E-state index < -0.39 is 0 Å². The molecule has 1 N–H and O–H groups in total. The van der Waals surface area contributed by atoms with E-state index in [1.54, 1.807) is 0 Å². The van der Waals surface area contributed by atoms with E-state index in [0.717, 1.165) is 17.0 Å². The molecule has 2 nitrogen and oxygen atoms in total. The van der Waals surface area contributed by atoms with Gasteiger partial charge in [-0.1, -0.05) is 67.3 Å². The molecule has 0 atom stereocenters. The highest BCUT2D eigenvalue weighted by atomic mass is 35.5. The van der Waals surface area contributed by atoms with E-state index in [1.807, 2.05) is 36.5 Å². The van der Waals surface area contributed by atoms with Gasteiger partial charge in [-0.3, -0.25) is 4.98 Å². The van der Waals surface area contributed by atoms with Crippen LogP contribution in [0.3, 0.4) is 0 Å². The molecule has 156 valence electrons.